The number of nitrogens with one attached hydrogen (secondary N) is 2. The van der Waals surface area contributed by atoms with Crippen molar-refractivity contribution in [2.75, 3.05) is 67.0 Å². The number of carbonyl (C=O) groups excluding carboxylic acids is 4. The van der Waals surface area contributed by atoms with Crippen molar-refractivity contribution < 1.29 is 45.9 Å². The van der Waals surface area contributed by atoms with Crippen molar-refractivity contribution in [2.24, 2.45) is 11.8 Å². The lowest BCUT2D eigenvalue weighted by Crippen LogP contribution is -2.54. The maximum Gasteiger partial charge on any atom is 0.301 e. The molecule has 0 aliphatic carbocycles. The highest BCUT2D eigenvalue weighted by Gasteiger charge is 2.45. The molecule has 0 radical (unpaired) electrons. The number of carbonyl (C=O) groups is 4. The number of hydrogen-bond donors (Lipinski definition) is 2. The van der Waals surface area contributed by atoms with Gasteiger partial charge in [-0.25, -0.2) is 18.7 Å². The standard InChI is InChI=1S/C49H48F2N10O9S/c50-31-15-20-59(25-31)71(67,68)56-41-7-5-39(51)45(38(41)23-52)70-34-3-6-40-37(22-34)47(64)60(28-54-40)33-2-9-43(53-24-33)58-18-13-30(14-19-58)27-69-26-29-11-16-57(17-12-29)32-1-4-35-36(21-32)49(66)61(48(35)65)42-8-10-44(62)55-46(42)63/h1-7,9,21-22,24,28-31,42,56H,8,10-20,25-27H2,(H,55,62,63)/t31-,42?/m1/s1. The van der Waals surface area contributed by atoms with Gasteiger partial charge < -0.3 is 19.3 Å². The molecular weight excluding hydrogens is 943 g/mol. The normalized spacial score (nSPS) is 20.4. The number of nitrogens with zero attached hydrogens (tertiary/aromatic N) is 8. The van der Waals surface area contributed by atoms with Crippen molar-refractivity contribution in [1.82, 2.24) is 29.1 Å². The molecule has 0 saturated carbocycles. The first-order valence-corrected chi connectivity index (χ1v) is 24.9. The highest BCUT2D eigenvalue weighted by molar-refractivity contribution is 7.90. The Morgan fingerprint density at radius 3 is 2.20 bits per heavy atom. The van der Waals surface area contributed by atoms with Gasteiger partial charge in [0.2, 0.25) is 11.8 Å². The van der Waals surface area contributed by atoms with Crippen LogP contribution in [-0.2, 0) is 24.5 Å². The number of imide groups is 2. The molecule has 4 fully saturated rings. The molecule has 2 atom stereocenters. The molecule has 71 heavy (non-hydrogen) atoms. The van der Waals surface area contributed by atoms with Gasteiger partial charge in [0.05, 0.1) is 39.6 Å². The van der Waals surface area contributed by atoms with E-state index in [0.717, 1.165) is 84.7 Å². The molecule has 22 heteroatoms. The van der Waals surface area contributed by atoms with Gasteiger partial charge in [0, 0.05) is 64.6 Å². The van der Waals surface area contributed by atoms with Gasteiger partial charge in [0.25, 0.3) is 17.4 Å². The summed E-state index contributed by atoms with van der Waals surface area (Å²) in [5, 5.41) is 12.3. The number of aromatic nitrogens is 3. The molecule has 3 aromatic carbocycles. The number of hydrogen-bond acceptors (Lipinski definition) is 14. The van der Waals surface area contributed by atoms with E-state index in [0.29, 0.717) is 36.3 Å². The summed E-state index contributed by atoms with van der Waals surface area (Å²) in [6, 6.07) is 16.0. The first-order valence-electron chi connectivity index (χ1n) is 23.5. The highest BCUT2D eigenvalue weighted by Crippen LogP contribution is 2.36. The molecule has 5 aromatic rings. The topological polar surface area (TPSA) is 229 Å². The molecule has 19 nitrogen and oxygen atoms in total. The second kappa shape index (κ2) is 19.4. The summed E-state index contributed by atoms with van der Waals surface area (Å²) in [5.74, 6) is -2.08. The van der Waals surface area contributed by atoms with Crippen LogP contribution in [0.3, 0.4) is 0 Å². The van der Waals surface area contributed by atoms with Gasteiger partial charge in [0.15, 0.2) is 11.6 Å². The van der Waals surface area contributed by atoms with E-state index in [1.807, 2.05) is 12.1 Å². The molecule has 4 saturated heterocycles. The lowest BCUT2D eigenvalue weighted by molar-refractivity contribution is -0.136. The van der Waals surface area contributed by atoms with E-state index in [9.17, 15) is 42.0 Å². The SMILES string of the molecule is N#Cc1c(NS(=O)(=O)N2CC[C@@H](F)C2)ccc(F)c1Oc1ccc2ncn(-c3ccc(N4CCC(COCC5CCN(c6ccc7c(c6)C(=O)N(C6CCC(=O)NC6=O)C7=O)CC5)CC4)nc3)c(=O)c2c1. The van der Waals surface area contributed by atoms with Crippen molar-refractivity contribution in [2.45, 2.75) is 57.2 Å². The van der Waals surface area contributed by atoms with Crippen molar-refractivity contribution in [3.05, 3.63) is 106 Å². The number of anilines is 3. The van der Waals surface area contributed by atoms with E-state index in [1.165, 1.54) is 29.1 Å². The van der Waals surface area contributed by atoms with E-state index >= 15 is 4.39 Å². The van der Waals surface area contributed by atoms with Crippen LogP contribution < -0.4 is 30.1 Å². The van der Waals surface area contributed by atoms with Crippen molar-refractivity contribution in [1.29, 1.82) is 5.26 Å². The third kappa shape index (κ3) is 9.51. The number of pyridine rings is 1. The Morgan fingerprint density at radius 1 is 0.803 bits per heavy atom. The Hall–Kier alpha value is -7.35. The van der Waals surface area contributed by atoms with Gasteiger partial charge in [-0.3, -0.25) is 43.5 Å². The largest absolute Gasteiger partial charge is 0.453 e. The molecular formula is C49H48F2N10O9S. The molecule has 5 aliphatic rings. The Kier molecular flexibility index (Phi) is 13.0. The maximum atomic E-state index is 15.2. The average molecular weight is 991 g/mol. The van der Waals surface area contributed by atoms with Crippen molar-refractivity contribution in [3.63, 3.8) is 0 Å². The molecule has 7 heterocycles. The Morgan fingerprint density at radius 2 is 1.52 bits per heavy atom. The van der Waals surface area contributed by atoms with Crippen molar-refractivity contribution in [3.8, 4) is 23.3 Å². The molecule has 2 aromatic heterocycles. The lowest BCUT2D eigenvalue weighted by atomic mass is 9.96. The summed E-state index contributed by atoms with van der Waals surface area (Å²) in [6.07, 6.45) is 5.51. The number of amides is 4. The average Bonchev–Trinajstić information content (AvgIpc) is 3.93. The fourth-order valence-corrected chi connectivity index (χ4v) is 11.2. The highest BCUT2D eigenvalue weighted by atomic mass is 32.2. The minimum atomic E-state index is -4.25. The zero-order valence-corrected chi connectivity index (χ0v) is 39.1. The number of halogens is 2. The maximum absolute atomic E-state index is 15.2. The number of nitriles is 1. The number of fused-ring (bicyclic) bond motifs is 2. The van der Waals surface area contributed by atoms with Crippen LogP contribution in [-0.4, -0.2) is 120 Å². The quantitative estimate of drug-likeness (QED) is 0.151. The van der Waals surface area contributed by atoms with Crippen LogP contribution in [0.2, 0.25) is 0 Å². The van der Waals surface area contributed by atoms with Crippen LogP contribution in [0.5, 0.6) is 11.5 Å². The van der Waals surface area contributed by atoms with Crippen LogP contribution in [0, 0.1) is 29.0 Å². The fraction of sp³-hybridized carbons (Fsp3) is 0.388. The fourth-order valence-electron chi connectivity index (χ4n) is 9.88. The van der Waals surface area contributed by atoms with Crippen LogP contribution in [0.1, 0.15) is 71.2 Å². The summed E-state index contributed by atoms with van der Waals surface area (Å²) in [7, 11) is -4.25. The van der Waals surface area contributed by atoms with Crippen LogP contribution in [0.15, 0.2) is 78.0 Å². The number of ether oxygens (including phenoxy) is 2. The summed E-state index contributed by atoms with van der Waals surface area (Å²) >= 11 is 0. The number of alkyl halides is 1. The van der Waals surface area contributed by atoms with Crippen LogP contribution in [0.25, 0.3) is 16.6 Å². The predicted octanol–water partition coefficient (Wildman–Crippen LogP) is 4.84. The van der Waals surface area contributed by atoms with E-state index < -0.39 is 68.7 Å². The van der Waals surface area contributed by atoms with Crippen molar-refractivity contribution >= 4 is 61.9 Å². The zero-order valence-electron chi connectivity index (χ0n) is 38.3. The predicted molar refractivity (Wildman–Crippen MR) is 254 cm³/mol. The first kappa shape index (κ1) is 47.3. The molecule has 4 amide bonds. The second-order valence-corrected chi connectivity index (χ2v) is 20.1. The Labute approximate surface area is 406 Å². The molecule has 1 unspecified atom stereocenters. The molecule has 10 rings (SSSR count). The summed E-state index contributed by atoms with van der Waals surface area (Å²) in [4.78, 5) is 78.8. The zero-order chi connectivity index (χ0) is 49.6. The van der Waals surface area contributed by atoms with E-state index in [-0.39, 0.29) is 60.3 Å². The molecule has 0 bridgehead atoms. The molecule has 5 aliphatic heterocycles. The van der Waals surface area contributed by atoms with Gasteiger partial charge in [-0.05, 0) is 111 Å². The third-order valence-electron chi connectivity index (χ3n) is 13.9. The molecule has 0 spiro atoms. The Bertz CT molecular complexity index is 3170. The lowest BCUT2D eigenvalue weighted by Gasteiger charge is -2.35. The van der Waals surface area contributed by atoms with Crippen LogP contribution >= 0.6 is 0 Å². The van der Waals surface area contributed by atoms with Gasteiger partial charge in [0.1, 0.15) is 41.7 Å². The summed E-state index contributed by atoms with van der Waals surface area (Å²) < 4.78 is 71.3. The second-order valence-electron chi connectivity index (χ2n) is 18.4. The number of piperidine rings is 3. The first-order chi connectivity index (χ1) is 34.2. The minimum absolute atomic E-state index is 0.00934. The van der Waals surface area contributed by atoms with Gasteiger partial charge in [-0.15, -0.1) is 0 Å². The van der Waals surface area contributed by atoms with E-state index in [1.54, 1.807) is 30.5 Å². The third-order valence-corrected chi connectivity index (χ3v) is 15.4. The summed E-state index contributed by atoms with van der Waals surface area (Å²) in [5.41, 5.74) is 1.00. The van der Waals surface area contributed by atoms with Gasteiger partial charge in [-0.1, -0.05) is 0 Å². The number of benzene rings is 3. The molecule has 368 valence electrons. The minimum Gasteiger partial charge on any atom is -0.453 e. The summed E-state index contributed by atoms with van der Waals surface area (Å²) in [6.45, 7) is 4.00. The van der Waals surface area contributed by atoms with Gasteiger partial charge >= 0.3 is 10.2 Å². The monoisotopic (exact) mass is 990 g/mol. The molecule has 2 N–H and O–H groups in total. The van der Waals surface area contributed by atoms with E-state index in [2.05, 4.69) is 29.8 Å². The smallest absolute Gasteiger partial charge is 0.301 e. The van der Waals surface area contributed by atoms with Crippen LogP contribution in [0.4, 0.5) is 26.0 Å². The Balaban J connectivity index is 0.702. The number of rotatable bonds is 13. The van der Waals surface area contributed by atoms with E-state index in [4.69, 9.17) is 9.47 Å². The van der Waals surface area contributed by atoms with Gasteiger partial charge in [-0.2, -0.15) is 18.0 Å².